The van der Waals surface area contributed by atoms with Crippen LogP contribution < -0.4 is 4.74 Å². The first-order valence-corrected chi connectivity index (χ1v) is 6.06. The van der Waals surface area contributed by atoms with Crippen LogP contribution in [0.25, 0.3) is 6.08 Å². The van der Waals surface area contributed by atoms with Crippen LogP contribution in [0.2, 0.25) is 0 Å². The van der Waals surface area contributed by atoms with E-state index in [2.05, 4.69) is 6.07 Å². The van der Waals surface area contributed by atoms with E-state index in [1.807, 2.05) is 31.2 Å². The molecule has 0 amide bonds. The molecule has 0 unspecified atom stereocenters. The molecule has 0 aliphatic rings. The minimum atomic E-state index is 0.140. The van der Waals surface area contributed by atoms with Gasteiger partial charge in [0.15, 0.2) is 5.12 Å². The Morgan fingerprint density at radius 1 is 1.50 bits per heavy atom. The third kappa shape index (κ3) is 4.11. The molecular weight excluding hydrogens is 220 g/mol. The summed E-state index contributed by atoms with van der Waals surface area (Å²) < 4.78 is 5.25. The van der Waals surface area contributed by atoms with E-state index in [4.69, 9.17) is 4.74 Å². The molecule has 0 aromatic heterocycles. The molecule has 0 atom stereocenters. The fraction of sp³-hybridized carbons (Fsp3) is 0.308. The van der Waals surface area contributed by atoms with Gasteiger partial charge < -0.3 is 4.74 Å². The molecule has 1 aromatic carbocycles. The maximum Gasteiger partial charge on any atom is 0.186 e. The molecule has 0 bridgehead atoms. The molecule has 1 aromatic rings. The predicted octanol–water partition coefficient (Wildman–Crippen LogP) is 3.30. The van der Waals surface area contributed by atoms with Crippen LogP contribution in [-0.4, -0.2) is 18.0 Å². The van der Waals surface area contributed by atoms with Gasteiger partial charge in [0, 0.05) is 18.2 Å². The zero-order chi connectivity index (χ0) is 12.0. The summed E-state index contributed by atoms with van der Waals surface area (Å²) in [7, 11) is 1.66. The number of carbonyl (C=O) groups is 1. The highest BCUT2D eigenvalue weighted by Crippen LogP contribution is 2.21. The molecule has 0 aliphatic carbocycles. The second-order valence-electron chi connectivity index (χ2n) is 3.45. The van der Waals surface area contributed by atoms with Crippen molar-refractivity contribution >= 4 is 23.0 Å². The predicted molar refractivity (Wildman–Crippen MR) is 69.9 cm³/mol. The standard InChI is InChI=1S/C13H16O2S/c1-10-6-7-13(15-3)12(9-10)5-4-8-16-11(2)14/h4-7,9H,8H2,1-3H3. The number of aryl methyl sites for hydroxylation is 1. The molecule has 86 valence electrons. The summed E-state index contributed by atoms with van der Waals surface area (Å²) in [5, 5.41) is 0.140. The number of benzene rings is 1. The molecule has 1 rings (SSSR count). The van der Waals surface area contributed by atoms with Gasteiger partial charge in [0.25, 0.3) is 0 Å². The van der Waals surface area contributed by atoms with E-state index < -0.39 is 0 Å². The van der Waals surface area contributed by atoms with Gasteiger partial charge in [-0.1, -0.05) is 35.5 Å². The molecule has 0 N–H and O–H groups in total. The highest BCUT2D eigenvalue weighted by Gasteiger charge is 1.98. The molecule has 0 spiro atoms. The van der Waals surface area contributed by atoms with Gasteiger partial charge in [0.05, 0.1) is 7.11 Å². The van der Waals surface area contributed by atoms with Crippen molar-refractivity contribution in [2.24, 2.45) is 0 Å². The average Bonchev–Trinajstić information content (AvgIpc) is 2.24. The van der Waals surface area contributed by atoms with Crippen molar-refractivity contribution in [2.75, 3.05) is 12.9 Å². The van der Waals surface area contributed by atoms with Gasteiger partial charge in [-0.05, 0) is 19.1 Å². The summed E-state index contributed by atoms with van der Waals surface area (Å²) in [5.74, 6) is 1.56. The lowest BCUT2D eigenvalue weighted by molar-refractivity contribution is -0.109. The first-order valence-electron chi connectivity index (χ1n) is 5.08. The second kappa shape index (κ2) is 6.38. The lowest BCUT2D eigenvalue weighted by atomic mass is 10.1. The highest BCUT2D eigenvalue weighted by molar-refractivity contribution is 8.13. The number of hydrogen-bond donors (Lipinski definition) is 0. The Kier molecular flexibility index (Phi) is 5.12. The van der Waals surface area contributed by atoms with Gasteiger partial charge in [-0.3, -0.25) is 4.79 Å². The van der Waals surface area contributed by atoms with Crippen molar-refractivity contribution in [3.05, 3.63) is 35.4 Å². The molecule has 0 heterocycles. The van der Waals surface area contributed by atoms with E-state index in [9.17, 15) is 4.79 Å². The van der Waals surface area contributed by atoms with Gasteiger partial charge in [0.1, 0.15) is 5.75 Å². The van der Waals surface area contributed by atoms with Crippen molar-refractivity contribution < 1.29 is 9.53 Å². The van der Waals surface area contributed by atoms with E-state index >= 15 is 0 Å². The monoisotopic (exact) mass is 236 g/mol. The van der Waals surface area contributed by atoms with Crippen LogP contribution in [0.4, 0.5) is 0 Å². The zero-order valence-electron chi connectivity index (χ0n) is 9.82. The number of carbonyl (C=O) groups excluding carboxylic acids is 1. The molecule has 0 fully saturated rings. The first kappa shape index (κ1) is 12.8. The van der Waals surface area contributed by atoms with E-state index in [-0.39, 0.29) is 5.12 Å². The molecule has 2 nitrogen and oxygen atoms in total. The maximum atomic E-state index is 10.7. The normalized spacial score (nSPS) is 10.7. The molecule has 16 heavy (non-hydrogen) atoms. The SMILES string of the molecule is COc1ccc(C)cc1C=CCSC(C)=O. The number of ether oxygens (including phenoxy) is 1. The Morgan fingerprint density at radius 2 is 2.25 bits per heavy atom. The van der Waals surface area contributed by atoms with Crippen molar-refractivity contribution in [2.45, 2.75) is 13.8 Å². The van der Waals surface area contributed by atoms with E-state index in [1.54, 1.807) is 14.0 Å². The van der Waals surface area contributed by atoms with Crippen LogP contribution in [0.3, 0.4) is 0 Å². The molecule has 0 saturated carbocycles. The van der Waals surface area contributed by atoms with Crippen LogP contribution >= 0.6 is 11.8 Å². The number of rotatable bonds is 4. The number of thioether (sulfide) groups is 1. The van der Waals surface area contributed by atoms with E-state index in [1.165, 1.54) is 17.3 Å². The summed E-state index contributed by atoms with van der Waals surface area (Å²) >= 11 is 1.30. The van der Waals surface area contributed by atoms with Crippen LogP contribution in [0.15, 0.2) is 24.3 Å². The van der Waals surface area contributed by atoms with Crippen molar-refractivity contribution in [1.29, 1.82) is 0 Å². The fourth-order valence-electron chi connectivity index (χ4n) is 1.32. The number of hydrogen-bond acceptors (Lipinski definition) is 3. The molecule has 0 radical (unpaired) electrons. The largest absolute Gasteiger partial charge is 0.496 e. The van der Waals surface area contributed by atoms with Gasteiger partial charge in [-0.25, -0.2) is 0 Å². The minimum Gasteiger partial charge on any atom is -0.496 e. The number of methoxy groups -OCH3 is 1. The Balaban J connectivity index is 2.71. The Labute approximate surface area is 101 Å². The quantitative estimate of drug-likeness (QED) is 0.802. The molecular formula is C13H16O2S. The van der Waals surface area contributed by atoms with Crippen molar-refractivity contribution in [1.82, 2.24) is 0 Å². The minimum absolute atomic E-state index is 0.140. The smallest absolute Gasteiger partial charge is 0.186 e. The van der Waals surface area contributed by atoms with E-state index in [0.717, 1.165) is 11.3 Å². The van der Waals surface area contributed by atoms with Gasteiger partial charge in [0.2, 0.25) is 0 Å². The average molecular weight is 236 g/mol. The Bertz CT molecular complexity index is 397. The Hall–Kier alpha value is -1.22. The van der Waals surface area contributed by atoms with Crippen LogP contribution in [0.5, 0.6) is 5.75 Å². The molecule has 3 heteroatoms. The molecule has 0 saturated heterocycles. The summed E-state index contributed by atoms with van der Waals surface area (Å²) in [6.45, 7) is 3.62. The van der Waals surface area contributed by atoms with Crippen LogP contribution in [0, 0.1) is 6.92 Å². The van der Waals surface area contributed by atoms with Gasteiger partial charge in [-0.2, -0.15) is 0 Å². The summed E-state index contributed by atoms with van der Waals surface area (Å²) in [5.41, 5.74) is 2.24. The lowest BCUT2D eigenvalue weighted by Gasteiger charge is -2.05. The van der Waals surface area contributed by atoms with Crippen molar-refractivity contribution in [3.63, 3.8) is 0 Å². The van der Waals surface area contributed by atoms with E-state index in [0.29, 0.717) is 5.75 Å². The van der Waals surface area contributed by atoms with Gasteiger partial charge in [-0.15, -0.1) is 0 Å². The summed E-state index contributed by atoms with van der Waals surface area (Å²) in [6.07, 6.45) is 3.96. The zero-order valence-corrected chi connectivity index (χ0v) is 10.6. The van der Waals surface area contributed by atoms with Crippen molar-refractivity contribution in [3.8, 4) is 5.75 Å². The first-order chi connectivity index (χ1) is 7.63. The van der Waals surface area contributed by atoms with Crippen LogP contribution in [0.1, 0.15) is 18.1 Å². The van der Waals surface area contributed by atoms with Crippen LogP contribution in [-0.2, 0) is 4.79 Å². The lowest BCUT2D eigenvalue weighted by Crippen LogP contribution is -1.88. The molecule has 0 aliphatic heterocycles. The third-order valence-electron chi connectivity index (χ3n) is 2.07. The topological polar surface area (TPSA) is 26.3 Å². The second-order valence-corrected chi connectivity index (χ2v) is 4.65. The highest BCUT2D eigenvalue weighted by atomic mass is 32.2. The Morgan fingerprint density at radius 3 is 2.88 bits per heavy atom. The summed E-state index contributed by atoms with van der Waals surface area (Å²) in [4.78, 5) is 10.7. The fourth-order valence-corrected chi connectivity index (χ4v) is 1.75. The summed E-state index contributed by atoms with van der Waals surface area (Å²) in [6, 6.07) is 6.03. The van der Waals surface area contributed by atoms with Gasteiger partial charge >= 0.3 is 0 Å². The third-order valence-corrected chi connectivity index (χ3v) is 2.83. The maximum absolute atomic E-state index is 10.7.